The molecule has 0 radical (unpaired) electrons. The monoisotopic (exact) mass is 285 g/mol. The van der Waals surface area contributed by atoms with E-state index in [1.54, 1.807) is 20.8 Å². The van der Waals surface area contributed by atoms with E-state index in [-0.39, 0.29) is 5.56 Å². The van der Waals surface area contributed by atoms with E-state index in [9.17, 15) is 18.4 Å². The van der Waals surface area contributed by atoms with Crippen LogP contribution in [0, 0.1) is 17.0 Å². The van der Waals surface area contributed by atoms with E-state index in [1.165, 1.54) is 12.1 Å². The molecule has 4 nitrogen and oxygen atoms in total. The lowest BCUT2D eigenvalue weighted by atomic mass is 9.86. The van der Waals surface area contributed by atoms with E-state index in [0.29, 0.717) is 0 Å². The number of carbonyl (C=O) groups is 2. The van der Waals surface area contributed by atoms with Gasteiger partial charge in [-0.15, -0.1) is 0 Å². The lowest BCUT2D eigenvalue weighted by Gasteiger charge is -2.27. The predicted octanol–water partition coefficient (Wildman–Crippen LogP) is 2.12. The molecule has 0 aliphatic heterocycles. The Morgan fingerprint density at radius 2 is 1.90 bits per heavy atom. The van der Waals surface area contributed by atoms with E-state index < -0.39 is 41.4 Å². The van der Waals surface area contributed by atoms with Gasteiger partial charge in [-0.3, -0.25) is 4.79 Å². The highest BCUT2D eigenvalue weighted by atomic mass is 19.2. The molecule has 1 rings (SSSR count). The van der Waals surface area contributed by atoms with Crippen molar-refractivity contribution in [2.45, 2.75) is 33.2 Å². The molecule has 6 heteroatoms. The second-order valence-corrected chi connectivity index (χ2v) is 5.59. The van der Waals surface area contributed by atoms with Gasteiger partial charge in [0.2, 0.25) is 5.91 Å². The highest BCUT2D eigenvalue weighted by Crippen LogP contribution is 2.20. The Bertz CT molecular complexity index is 524. The summed E-state index contributed by atoms with van der Waals surface area (Å²) in [5.74, 6) is -3.98. The molecule has 1 aromatic carbocycles. The summed E-state index contributed by atoms with van der Waals surface area (Å²) < 4.78 is 26.4. The molecule has 1 amide bonds. The molecule has 0 aromatic heterocycles. The maximum Gasteiger partial charge on any atom is 0.326 e. The molecular formula is C14H17F2NO3. The van der Waals surface area contributed by atoms with Crippen molar-refractivity contribution in [3.63, 3.8) is 0 Å². The number of nitrogens with one attached hydrogen (secondary N) is 1. The molecule has 0 saturated heterocycles. The van der Waals surface area contributed by atoms with Crippen LogP contribution in [-0.2, 0) is 16.0 Å². The van der Waals surface area contributed by atoms with Gasteiger partial charge in [0.25, 0.3) is 0 Å². The summed E-state index contributed by atoms with van der Waals surface area (Å²) in [6.07, 6.45) is -0.413. The number of amides is 1. The summed E-state index contributed by atoms with van der Waals surface area (Å²) in [6, 6.07) is 2.42. The smallest absolute Gasteiger partial charge is 0.326 e. The summed E-state index contributed by atoms with van der Waals surface area (Å²) in [5.41, 5.74) is -0.803. The van der Waals surface area contributed by atoms with Crippen molar-refractivity contribution in [3.8, 4) is 0 Å². The Morgan fingerprint density at radius 3 is 2.40 bits per heavy atom. The number of halogens is 2. The second-order valence-electron chi connectivity index (χ2n) is 5.59. The van der Waals surface area contributed by atoms with Gasteiger partial charge in [-0.25, -0.2) is 13.6 Å². The Kier molecular flexibility index (Phi) is 4.81. The molecule has 0 unspecified atom stereocenters. The molecule has 20 heavy (non-hydrogen) atoms. The molecule has 0 fully saturated rings. The molecule has 0 aliphatic carbocycles. The maximum absolute atomic E-state index is 13.4. The molecule has 1 atom stereocenters. The van der Waals surface area contributed by atoms with E-state index in [1.807, 2.05) is 0 Å². The number of carboxylic acids is 1. The van der Waals surface area contributed by atoms with Crippen LogP contribution in [0.1, 0.15) is 26.3 Å². The summed E-state index contributed by atoms with van der Waals surface area (Å²) in [5, 5.41) is 11.4. The number of hydrogen-bond donors (Lipinski definition) is 2. The number of rotatable bonds is 4. The van der Waals surface area contributed by atoms with Gasteiger partial charge in [0.1, 0.15) is 6.04 Å². The van der Waals surface area contributed by atoms with E-state index >= 15 is 0 Å². The topological polar surface area (TPSA) is 66.4 Å². The fourth-order valence-electron chi connectivity index (χ4n) is 1.72. The van der Waals surface area contributed by atoms with Gasteiger partial charge < -0.3 is 10.4 Å². The zero-order valence-electron chi connectivity index (χ0n) is 11.5. The first kappa shape index (κ1) is 16.1. The predicted molar refractivity (Wildman–Crippen MR) is 69.1 cm³/mol. The molecule has 0 spiro atoms. The lowest BCUT2D eigenvalue weighted by molar-refractivity contribution is -0.144. The standard InChI is InChI=1S/C14H17F2NO3/c1-14(2,3)12(13(19)20)17-10(18)7-8-5-4-6-9(15)11(8)16/h4-6,12H,7H2,1-3H3,(H,17,18)(H,19,20)/t12-/m1/s1. The quantitative estimate of drug-likeness (QED) is 0.890. The highest BCUT2D eigenvalue weighted by Gasteiger charge is 2.32. The first-order chi connectivity index (χ1) is 9.12. The van der Waals surface area contributed by atoms with Crippen molar-refractivity contribution in [2.24, 2.45) is 5.41 Å². The zero-order valence-corrected chi connectivity index (χ0v) is 11.5. The minimum Gasteiger partial charge on any atom is -0.480 e. The molecule has 0 aliphatic rings. The van der Waals surface area contributed by atoms with Crippen LogP contribution in [0.25, 0.3) is 0 Å². The molecule has 110 valence electrons. The Hall–Kier alpha value is -1.98. The summed E-state index contributed by atoms with van der Waals surface area (Å²) in [6.45, 7) is 4.98. The Labute approximate surface area is 115 Å². The third-order valence-corrected chi connectivity index (χ3v) is 2.80. The van der Waals surface area contributed by atoms with Gasteiger partial charge in [-0.1, -0.05) is 32.9 Å². The van der Waals surface area contributed by atoms with Crippen LogP contribution in [0.5, 0.6) is 0 Å². The molecule has 0 heterocycles. The number of carboxylic acid groups (broad SMARTS) is 1. The largest absolute Gasteiger partial charge is 0.480 e. The third kappa shape index (κ3) is 4.01. The molecule has 0 bridgehead atoms. The van der Waals surface area contributed by atoms with Crippen molar-refractivity contribution in [1.29, 1.82) is 0 Å². The Morgan fingerprint density at radius 1 is 1.30 bits per heavy atom. The van der Waals surface area contributed by atoms with Gasteiger partial charge in [0.05, 0.1) is 6.42 Å². The van der Waals surface area contributed by atoms with Crippen LogP contribution in [0.15, 0.2) is 18.2 Å². The molecule has 0 saturated carbocycles. The van der Waals surface area contributed by atoms with E-state index in [2.05, 4.69) is 5.32 Å². The average molecular weight is 285 g/mol. The first-order valence-electron chi connectivity index (χ1n) is 6.08. The van der Waals surface area contributed by atoms with Crippen LogP contribution < -0.4 is 5.32 Å². The van der Waals surface area contributed by atoms with Gasteiger partial charge in [0, 0.05) is 5.56 Å². The SMILES string of the molecule is CC(C)(C)[C@H](NC(=O)Cc1cccc(F)c1F)C(=O)O. The van der Waals surface area contributed by atoms with Crippen molar-refractivity contribution >= 4 is 11.9 Å². The Balaban J connectivity index is 2.82. The van der Waals surface area contributed by atoms with Crippen molar-refractivity contribution in [2.75, 3.05) is 0 Å². The number of benzene rings is 1. The molecular weight excluding hydrogens is 268 g/mol. The number of aliphatic carboxylic acids is 1. The van der Waals surface area contributed by atoms with Crippen LogP contribution in [0.2, 0.25) is 0 Å². The average Bonchev–Trinajstić information content (AvgIpc) is 2.30. The zero-order chi connectivity index (χ0) is 15.5. The highest BCUT2D eigenvalue weighted by molar-refractivity contribution is 5.85. The van der Waals surface area contributed by atoms with Crippen LogP contribution in [0.4, 0.5) is 8.78 Å². The van der Waals surface area contributed by atoms with Crippen LogP contribution in [-0.4, -0.2) is 23.0 Å². The summed E-state index contributed by atoms with van der Waals surface area (Å²) >= 11 is 0. The van der Waals surface area contributed by atoms with Crippen LogP contribution >= 0.6 is 0 Å². The van der Waals surface area contributed by atoms with Gasteiger partial charge in [0.15, 0.2) is 11.6 Å². The summed E-state index contributed by atoms with van der Waals surface area (Å²) in [4.78, 5) is 22.9. The van der Waals surface area contributed by atoms with Crippen molar-refractivity contribution in [3.05, 3.63) is 35.4 Å². The van der Waals surface area contributed by atoms with Gasteiger partial charge in [-0.05, 0) is 11.5 Å². The third-order valence-electron chi connectivity index (χ3n) is 2.80. The first-order valence-corrected chi connectivity index (χ1v) is 6.08. The van der Waals surface area contributed by atoms with Crippen molar-refractivity contribution < 1.29 is 23.5 Å². The maximum atomic E-state index is 13.4. The normalized spacial score (nSPS) is 12.8. The number of hydrogen-bond acceptors (Lipinski definition) is 2. The minimum absolute atomic E-state index is 0.111. The lowest BCUT2D eigenvalue weighted by Crippen LogP contribution is -2.49. The van der Waals surface area contributed by atoms with Crippen molar-refractivity contribution in [1.82, 2.24) is 5.32 Å². The molecule has 1 aromatic rings. The fourth-order valence-corrected chi connectivity index (χ4v) is 1.72. The summed E-state index contributed by atoms with van der Waals surface area (Å²) in [7, 11) is 0. The molecule has 2 N–H and O–H groups in total. The minimum atomic E-state index is -1.18. The number of carbonyl (C=O) groups excluding carboxylic acids is 1. The van der Waals surface area contributed by atoms with E-state index in [0.717, 1.165) is 6.07 Å². The van der Waals surface area contributed by atoms with Crippen LogP contribution in [0.3, 0.4) is 0 Å². The van der Waals surface area contributed by atoms with Gasteiger partial charge in [-0.2, -0.15) is 0 Å². The fraction of sp³-hybridized carbons (Fsp3) is 0.429. The second kappa shape index (κ2) is 5.98. The van der Waals surface area contributed by atoms with E-state index in [4.69, 9.17) is 5.11 Å². The van der Waals surface area contributed by atoms with Gasteiger partial charge >= 0.3 is 5.97 Å².